The highest BCUT2D eigenvalue weighted by Gasteiger charge is 2.31. The Hall–Kier alpha value is -0.110. The largest absolute Gasteiger partial charge is 0.501 e. The summed E-state index contributed by atoms with van der Waals surface area (Å²) in [5, 5.41) is 0. The van der Waals surface area contributed by atoms with Crippen molar-refractivity contribution in [3.05, 3.63) is 11.8 Å². The molecule has 2 fully saturated rings. The van der Waals surface area contributed by atoms with Gasteiger partial charge in [-0.2, -0.15) is 11.8 Å². The van der Waals surface area contributed by atoms with Crippen LogP contribution in [0.25, 0.3) is 0 Å². The van der Waals surface area contributed by atoms with E-state index in [1.54, 1.807) is 0 Å². The molecule has 0 bridgehead atoms. The molecule has 2 heteroatoms. The Kier molecular flexibility index (Phi) is 5.27. The Bertz CT molecular complexity index is 246. The van der Waals surface area contributed by atoms with Crippen molar-refractivity contribution < 1.29 is 4.74 Å². The first-order valence-corrected chi connectivity index (χ1v) is 8.37. The highest BCUT2D eigenvalue weighted by Crippen LogP contribution is 2.42. The van der Waals surface area contributed by atoms with Crippen LogP contribution in [0.4, 0.5) is 0 Å². The van der Waals surface area contributed by atoms with Gasteiger partial charge < -0.3 is 4.74 Å². The average Bonchev–Trinajstić information content (AvgIpc) is 3.00. The van der Waals surface area contributed by atoms with Crippen LogP contribution in [0.5, 0.6) is 0 Å². The van der Waals surface area contributed by atoms with Crippen LogP contribution in [-0.2, 0) is 4.74 Å². The Morgan fingerprint density at radius 2 is 2.18 bits per heavy atom. The molecule has 2 aliphatic rings. The van der Waals surface area contributed by atoms with Gasteiger partial charge in [0.15, 0.2) is 0 Å². The van der Waals surface area contributed by atoms with Crippen molar-refractivity contribution >= 4 is 11.8 Å². The van der Waals surface area contributed by atoms with Crippen LogP contribution in [0.15, 0.2) is 11.8 Å². The van der Waals surface area contributed by atoms with Gasteiger partial charge in [-0.25, -0.2) is 0 Å². The van der Waals surface area contributed by atoms with Crippen molar-refractivity contribution in [3.8, 4) is 0 Å². The second-order valence-corrected chi connectivity index (χ2v) is 6.72. The van der Waals surface area contributed by atoms with E-state index in [2.05, 4.69) is 24.9 Å². The van der Waals surface area contributed by atoms with Crippen LogP contribution >= 0.6 is 11.8 Å². The van der Waals surface area contributed by atoms with Crippen molar-refractivity contribution in [2.45, 2.75) is 58.3 Å². The van der Waals surface area contributed by atoms with Gasteiger partial charge in [0.1, 0.15) is 0 Å². The molecule has 1 aliphatic heterocycles. The lowest BCUT2D eigenvalue weighted by atomic mass is 9.80. The lowest BCUT2D eigenvalue weighted by molar-refractivity contribution is 0.203. The number of hydrogen-bond acceptors (Lipinski definition) is 2. The van der Waals surface area contributed by atoms with E-state index in [1.807, 2.05) is 0 Å². The predicted molar refractivity (Wildman–Crippen MR) is 76.4 cm³/mol. The molecule has 2 rings (SSSR count). The summed E-state index contributed by atoms with van der Waals surface area (Å²) in [6.45, 7) is 3.28. The molecule has 17 heavy (non-hydrogen) atoms. The second kappa shape index (κ2) is 6.72. The topological polar surface area (TPSA) is 9.23 Å². The van der Waals surface area contributed by atoms with Crippen molar-refractivity contribution in [2.75, 3.05) is 18.1 Å². The van der Waals surface area contributed by atoms with Crippen LogP contribution in [0.1, 0.15) is 58.3 Å². The van der Waals surface area contributed by atoms with Crippen LogP contribution in [0.3, 0.4) is 0 Å². The maximum atomic E-state index is 5.70. The van der Waals surface area contributed by atoms with E-state index in [4.69, 9.17) is 4.74 Å². The lowest BCUT2D eigenvalue weighted by Gasteiger charge is -2.26. The van der Waals surface area contributed by atoms with Gasteiger partial charge in [-0.15, -0.1) is 0 Å². The van der Waals surface area contributed by atoms with Gasteiger partial charge in [0, 0.05) is 0 Å². The molecule has 0 aromatic rings. The summed E-state index contributed by atoms with van der Waals surface area (Å²) in [4.78, 5) is 0. The van der Waals surface area contributed by atoms with Gasteiger partial charge in [-0.05, 0) is 73.9 Å². The Labute approximate surface area is 110 Å². The fourth-order valence-electron chi connectivity index (χ4n) is 2.96. The Balaban J connectivity index is 1.60. The summed E-state index contributed by atoms with van der Waals surface area (Å²) < 4.78 is 5.70. The maximum absolute atomic E-state index is 5.70. The monoisotopic (exact) mass is 254 g/mol. The molecule has 1 saturated heterocycles. The fraction of sp³-hybridized carbons (Fsp3) is 0.867. The highest BCUT2D eigenvalue weighted by atomic mass is 32.2. The summed E-state index contributed by atoms with van der Waals surface area (Å²) in [5.74, 6) is 2.75. The van der Waals surface area contributed by atoms with Gasteiger partial charge in [0.2, 0.25) is 0 Å². The molecule has 1 heterocycles. The molecule has 1 saturated carbocycles. The molecule has 0 N–H and O–H groups in total. The fourth-order valence-corrected chi connectivity index (χ4v) is 4.60. The Morgan fingerprint density at radius 1 is 1.35 bits per heavy atom. The third-order valence-corrected chi connectivity index (χ3v) is 5.71. The summed E-state index contributed by atoms with van der Waals surface area (Å²) in [6.07, 6.45) is 12.7. The minimum atomic E-state index is 0.647. The van der Waals surface area contributed by atoms with Gasteiger partial charge >= 0.3 is 0 Å². The summed E-state index contributed by atoms with van der Waals surface area (Å²) >= 11 is 2.14. The van der Waals surface area contributed by atoms with Crippen LogP contribution < -0.4 is 0 Å². The molecule has 1 aliphatic carbocycles. The normalized spacial score (nSPS) is 28.6. The summed E-state index contributed by atoms with van der Waals surface area (Å²) in [6, 6.07) is 0. The third kappa shape index (κ3) is 3.94. The molecular weight excluding hydrogens is 228 g/mol. The molecule has 0 aromatic heterocycles. The molecular formula is C15H26OS. The zero-order chi connectivity index (χ0) is 12.0. The van der Waals surface area contributed by atoms with E-state index < -0.39 is 0 Å². The molecule has 0 spiro atoms. The minimum Gasteiger partial charge on any atom is -0.501 e. The molecule has 98 valence electrons. The molecule has 0 amide bonds. The van der Waals surface area contributed by atoms with E-state index in [-0.39, 0.29) is 0 Å². The van der Waals surface area contributed by atoms with Crippen molar-refractivity contribution in [1.82, 2.24) is 0 Å². The first kappa shape index (κ1) is 13.3. The predicted octanol–water partition coefficient (Wildman–Crippen LogP) is 4.77. The second-order valence-electron chi connectivity index (χ2n) is 5.61. The van der Waals surface area contributed by atoms with Gasteiger partial charge in [-0.1, -0.05) is 6.92 Å². The van der Waals surface area contributed by atoms with E-state index >= 15 is 0 Å². The van der Waals surface area contributed by atoms with Gasteiger partial charge in [0.25, 0.3) is 0 Å². The average molecular weight is 254 g/mol. The third-order valence-electron chi connectivity index (χ3n) is 4.40. The SMILES string of the molecule is CCC1(CCCOC=C2CCCC2)CCSC1. The maximum Gasteiger partial charge on any atom is 0.0873 e. The van der Waals surface area contributed by atoms with Crippen molar-refractivity contribution in [1.29, 1.82) is 0 Å². The molecule has 0 radical (unpaired) electrons. The van der Waals surface area contributed by atoms with Gasteiger partial charge in [0.05, 0.1) is 12.9 Å². The molecule has 1 unspecified atom stereocenters. The standard InChI is InChI=1S/C15H26OS/c1-2-15(9-11-17-13-15)8-5-10-16-12-14-6-3-4-7-14/h12H,2-11,13H2,1H3. The van der Waals surface area contributed by atoms with Crippen molar-refractivity contribution in [2.24, 2.45) is 5.41 Å². The van der Waals surface area contributed by atoms with E-state index in [0.29, 0.717) is 5.41 Å². The molecule has 1 nitrogen and oxygen atoms in total. The summed E-state index contributed by atoms with van der Waals surface area (Å²) in [7, 11) is 0. The van der Waals surface area contributed by atoms with E-state index in [1.165, 1.54) is 68.4 Å². The first-order valence-electron chi connectivity index (χ1n) is 7.22. The molecule has 1 atom stereocenters. The number of allylic oxidation sites excluding steroid dienone is 1. The number of hydrogen-bond donors (Lipinski definition) is 0. The molecule has 0 aromatic carbocycles. The Morgan fingerprint density at radius 3 is 2.82 bits per heavy atom. The van der Waals surface area contributed by atoms with E-state index in [9.17, 15) is 0 Å². The highest BCUT2D eigenvalue weighted by molar-refractivity contribution is 7.99. The quantitative estimate of drug-likeness (QED) is 0.498. The van der Waals surface area contributed by atoms with Crippen LogP contribution in [0.2, 0.25) is 0 Å². The zero-order valence-corrected chi connectivity index (χ0v) is 12.0. The first-order chi connectivity index (χ1) is 8.35. The lowest BCUT2D eigenvalue weighted by Crippen LogP contribution is -2.19. The van der Waals surface area contributed by atoms with Crippen molar-refractivity contribution in [3.63, 3.8) is 0 Å². The summed E-state index contributed by atoms with van der Waals surface area (Å²) in [5.41, 5.74) is 2.18. The number of thioether (sulfide) groups is 1. The van der Waals surface area contributed by atoms with Crippen LogP contribution in [-0.4, -0.2) is 18.1 Å². The number of rotatable bonds is 6. The number of ether oxygens (including phenoxy) is 1. The smallest absolute Gasteiger partial charge is 0.0873 e. The zero-order valence-electron chi connectivity index (χ0n) is 11.2. The van der Waals surface area contributed by atoms with E-state index in [0.717, 1.165) is 6.61 Å². The van der Waals surface area contributed by atoms with Gasteiger partial charge in [-0.3, -0.25) is 0 Å². The van der Waals surface area contributed by atoms with Crippen LogP contribution in [0, 0.1) is 5.41 Å². The minimum absolute atomic E-state index is 0.647.